The fourth-order valence-corrected chi connectivity index (χ4v) is 2.32. The van der Waals surface area contributed by atoms with Crippen LogP contribution in [0.4, 0.5) is 5.69 Å². The number of benzene rings is 1. The SMILES string of the molecule is Cn1cc(C(=O)Nc2ccc(Br)cc2C(=O)O)c(=O)n(C)c1=O. The molecule has 8 nitrogen and oxygen atoms in total. The molecule has 2 rings (SSSR count). The summed E-state index contributed by atoms with van der Waals surface area (Å²) in [7, 11) is 2.66. The number of carbonyl (C=O) groups excluding carboxylic acids is 1. The highest BCUT2D eigenvalue weighted by molar-refractivity contribution is 9.10. The molecule has 0 radical (unpaired) electrons. The van der Waals surface area contributed by atoms with Gasteiger partial charge in [0.25, 0.3) is 11.5 Å². The Morgan fingerprint density at radius 2 is 1.83 bits per heavy atom. The van der Waals surface area contributed by atoms with E-state index in [4.69, 9.17) is 5.11 Å². The van der Waals surface area contributed by atoms with Gasteiger partial charge in [-0.05, 0) is 18.2 Å². The molecule has 2 N–H and O–H groups in total. The number of aromatic nitrogens is 2. The third kappa shape index (κ3) is 3.24. The minimum atomic E-state index is -1.23. The number of carbonyl (C=O) groups is 2. The van der Waals surface area contributed by atoms with Crippen LogP contribution in [0.2, 0.25) is 0 Å². The summed E-state index contributed by atoms with van der Waals surface area (Å²) >= 11 is 3.15. The van der Waals surface area contributed by atoms with Crippen LogP contribution >= 0.6 is 15.9 Å². The molecule has 2 aromatic rings. The summed E-state index contributed by atoms with van der Waals surface area (Å²) in [6.07, 6.45) is 1.11. The van der Waals surface area contributed by atoms with E-state index in [1.165, 1.54) is 26.2 Å². The van der Waals surface area contributed by atoms with Gasteiger partial charge >= 0.3 is 11.7 Å². The summed E-state index contributed by atoms with van der Waals surface area (Å²) in [6, 6.07) is 4.29. The van der Waals surface area contributed by atoms with E-state index in [0.29, 0.717) is 4.47 Å². The standard InChI is InChI=1S/C14H12BrN3O5/c1-17-6-9(12(20)18(2)14(17)23)11(19)16-10-4-3-7(15)5-8(10)13(21)22/h3-6H,1-2H3,(H,16,19)(H,21,22). The average molecular weight is 382 g/mol. The van der Waals surface area contributed by atoms with Crippen molar-refractivity contribution in [3.63, 3.8) is 0 Å². The molecule has 0 aliphatic heterocycles. The molecule has 0 bridgehead atoms. The lowest BCUT2D eigenvalue weighted by atomic mass is 10.1. The second-order valence-electron chi connectivity index (χ2n) is 4.75. The van der Waals surface area contributed by atoms with E-state index in [2.05, 4.69) is 21.2 Å². The van der Waals surface area contributed by atoms with Crippen LogP contribution < -0.4 is 16.6 Å². The van der Waals surface area contributed by atoms with E-state index in [9.17, 15) is 19.2 Å². The Balaban J connectivity index is 2.47. The van der Waals surface area contributed by atoms with Gasteiger partial charge in [-0.25, -0.2) is 9.59 Å². The third-order valence-electron chi connectivity index (χ3n) is 3.15. The maximum absolute atomic E-state index is 12.3. The van der Waals surface area contributed by atoms with Crippen LogP contribution in [-0.2, 0) is 14.1 Å². The molecular formula is C14H12BrN3O5. The second-order valence-corrected chi connectivity index (χ2v) is 5.67. The number of halogens is 1. The first kappa shape index (κ1) is 16.7. The Kier molecular flexibility index (Phi) is 4.50. The quantitative estimate of drug-likeness (QED) is 0.816. The predicted octanol–water partition coefficient (Wildman–Crippen LogP) is 0.797. The summed E-state index contributed by atoms with van der Waals surface area (Å²) in [5, 5.41) is 11.6. The summed E-state index contributed by atoms with van der Waals surface area (Å²) < 4.78 is 2.43. The Morgan fingerprint density at radius 3 is 2.43 bits per heavy atom. The number of hydrogen-bond acceptors (Lipinski definition) is 4. The van der Waals surface area contributed by atoms with Gasteiger partial charge < -0.3 is 15.0 Å². The van der Waals surface area contributed by atoms with Crippen LogP contribution in [0.5, 0.6) is 0 Å². The smallest absolute Gasteiger partial charge is 0.337 e. The summed E-state index contributed by atoms with van der Waals surface area (Å²) in [5.74, 6) is -2.03. The highest BCUT2D eigenvalue weighted by Crippen LogP contribution is 2.21. The van der Waals surface area contributed by atoms with Crippen molar-refractivity contribution in [2.45, 2.75) is 0 Å². The van der Waals surface area contributed by atoms with Crippen molar-refractivity contribution in [2.75, 3.05) is 5.32 Å². The molecule has 0 spiro atoms. The zero-order valence-electron chi connectivity index (χ0n) is 12.2. The first-order valence-corrected chi connectivity index (χ1v) is 7.12. The number of rotatable bonds is 3. The van der Waals surface area contributed by atoms with E-state index in [1.54, 1.807) is 6.07 Å². The van der Waals surface area contributed by atoms with Gasteiger partial charge in [-0.1, -0.05) is 15.9 Å². The third-order valence-corrected chi connectivity index (χ3v) is 3.64. The number of anilines is 1. The average Bonchev–Trinajstić information content (AvgIpc) is 2.50. The molecule has 0 aliphatic rings. The maximum atomic E-state index is 12.3. The molecule has 0 fully saturated rings. The molecule has 9 heteroatoms. The Hall–Kier alpha value is -2.68. The van der Waals surface area contributed by atoms with Crippen molar-refractivity contribution < 1.29 is 14.7 Å². The molecule has 0 saturated heterocycles. The maximum Gasteiger partial charge on any atom is 0.337 e. The monoisotopic (exact) mass is 381 g/mol. The Bertz CT molecular complexity index is 929. The molecule has 0 saturated carbocycles. The summed E-state index contributed by atoms with van der Waals surface area (Å²) in [6.45, 7) is 0. The van der Waals surface area contributed by atoms with E-state index in [-0.39, 0.29) is 16.8 Å². The number of amides is 1. The van der Waals surface area contributed by atoms with Gasteiger partial charge in [-0.3, -0.25) is 14.2 Å². The molecular weight excluding hydrogens is 370 g/mol. The molecule has 1 heterocycles. The number of aryl methyl sites for hydroxylation is 1. The number of nitrogens with zero attached hydrogens (tertiary/aromatic N) is 2. The lowest BCUT2D eigenvalue weighted by molar-refractivity contribution is 0.0698. The van der Waals surface area contributed by atoms with E-state index in [1.807, 2.05) is 0 Å². The van der Waals surface area contributed by atoms with Gasteiger partial charge in [-0.2, -0.15) is 0 Å². The molecule has 0 aliphatic carbocycles. The Labute approximate surface area is 138 Å². The number of aromatic carboxylic acids is 1. The van der Waals surface area contributed by atoms with Gasteiger partial charge in [0.05, 0.1) is 11.3 Å². The summed E-state index contributed by atoms with van der Waals surface area (Å²) in [5.41, 5.74) is -1.69. The first-order chi connectivity index (χ1) is 10.7. The van der Waals surface area contributed by atoms with Crippen molar-refractivity contribution in [3.8, 4) is 0 Å². The number of nitrogens with one attached hydrogen (secondary N) is 1. The molecule has 23 heavy (non-hydrogen) atoms. The van der Waals surface area contributed by atoms with Gasteiger partial charge in [0.2, 0.25) is 0 Å². The summed E-state index contributed by atoms with van der Waals surface area (Å²) in [4.78, 5) is 47.1. The topological polar surface area (TPSA) is 110 Å². The normalized spacial score (nSPS) is 10.4. The molecule has 0 atom stereocenters. The van der Waals surface area contributed by atoms with Crippen LogP contribution in [0.15, 0.2) is 38.5 Å². The van der Waals surface area contributed by atoms with Gasteiger partial charge in [0, 0.05) is 24.8 Å². The molecule has 1 aromatic carbocycles. The van der Waals surface area contributed by atoms with Crippen molar-refractivity contribution in [2.24, 2.45) is 14.1 Å². The first-order valence-electron chi connectivity index (χ1n) is 6.33. The minimum absolute atomic E-state index is 0.0432. The zero-order chi connectivity index (χ0) is 17.3. The van der Waals surface area contributed by atoms with Crippen LogP contribution in [0.3, 0.4) is 0 Å². The fraction of sp³-hybridized carbons (Fsp3) is 0.143. The van der Waals surface area contributed by atoms with Crippen molar-refractivity contribution >= 4 is 33.5 Å². The lowest BCUT2D eigenvalue weighted by Gasteiger charge is -2.10. The van der Waals surface area contributed by atoms with E-state index in [0.717, 1.165) is 15.3 Å². The predicted molar refractivity (Wildman–Crippen MR) is 86.0 cm³/mol. The largest absolute Gasteiger partial charge is 0.478 e. The van der Waals surface area contributed by atoms with Crippen LogP contribution in [-0.4, -0.2) is 26.1 Å². The van der Waals surface area contributed by atoms with Crippen molar-refractivity contribution in [3.05, 3.63) is 60.8 Å². The van der Waals surface area contributed by atoms with Crippen molar-refractivity contribution in [1.29, 1.82) is 0 Å². The van der Waals surface area contributed by atoms with Gasteiger partial charge in [0.1, 0.15) is 5.56 Å². The number of hydrogen-bond donors (Lipinski definition) is 2. The van der Waals surface area contributed by atoms with Gasteiger partial charge in [-0.15, -0.1) is 0 Å². The second kappa shape index (κ2) is 6.21. The van der Waals surface area contributed by atoms with Crippen LogP contribution in [0.25, 0.3) is 0 Å². The number of carboxylic acids is 1. The minimum Gasteiger partial charge on any atom is -0.478 e. The Morgan fingerprint density at radius 1 is 1.17 bits per heavy atom. The van der Waals surface area contributed by atoms with Crippen LogP contribution in [0.1, 0.15) is 20.7 Å². The lowest BCUT2D eigenvalue weighted by Crippen LogP contribution is -2.40. The number of carboxylic acid groups (broad SMARTS) is 1. The highest BCUT2D eigenvalue weighted by Gasteiger charge is 2.18. The van der Waals surface area contributed by atoms with Gasteiger partial charge in [0.15, 0.2) is 0 Å². The fourth-order valence-electron chi connectivity index (χ4n) is 1.96. The zero-order valence-corrected chi connectivity index (χ0v) is 13.7. The molecule has 1 aromatic heterocycles. The molecule has 0 unspecified atom stereocenters. The molecule has 1 amide bonds. The van der Waals surface area contributed by atoms with Crippen LogP contribution in [0, 0.1) is 0 Å². The highest BCUT2D eigenvalue weighted by atomic mass is 79.9. The molecule has 120 valence electrons. The van der Waals surface area contributed by atoms with E-state index >= 15 is 0 Å². The van der Waals surface area contributed by atoms with Crippen molar-refractivity contribution in [1.82, 2.24) is 9.13 Å². The van der Waals surface area contributed by atoms with E-state index < -0.39 is 23.1 Å².